The second-order valence-corrected chi connectivity index (χ2v) is 6.81. The van der Waals surface area contributed by atoms with E-state index in [9.17, 15) is 0 Å². The Bertz CT molecular complexity index is 185. The quantitative estimate of drug-likeness (QED) is 0.633. The number of likely N-dealkylation sites (tertiary alicyclic amines) is 1. The number of hydrogen-bond acceptors (Lipinski definition) is 2. The van der Waals surface area contributed by atoms with E-state index in [1.54, 1.807) is 0 Å². The van der Waals surface area contributed by atoms with Crippen LogP contribution in [0, 0.1) is 11.8 Å². The Morgan fingerprint density at radius 3 is 2.00 bits per heavy atom. The lowest BCUT2D eigenvalue weighted by molar-refractivity contribution is 0.314. The van der Waals surface area contributed by atoms with Crippen LogP contribution in [0.1, 0.15) is 59.8 Å². The molecule has 0 bridgehead atoms. The number of nitrogens with zero attached hydrogens (tertiary/aromatic N) is 1. The Morgan fingerprint density at radius 2 is 1.50 bits per heavy atom. The van der Waals surface area contributed by atoms with Crippen molar-refractivity contribution >= 4 is 0 Å². The summed E-state index contributed by atoms with van der Waals surface area (Å²) in [4.78, 5) is 2.61. The SMILES string of the molecule is CC(C)CC(CC(C)C)NCCCN1CCCC1. The fraction of sp³-hybridized carbons (Fsp3) is 1.00. The maximum Gasteiger partial charge on any atom is 0.00719 e. The van der Waals surface area contributed by atoms with Crippen LogP contribution in [0.15, 0.2) is 0 Å². The minimum Gasteiger partial charge on any atom is -0.314 e. The van der Waals surface area contributed by atoms with E-state index in [1.165, 1.54) is 58.3 Å². The summed E-state index contributed by atoms with van der Waals surface area (Å²) in [6.45, 7) is 14.5. The minimum absolute atomic E-state index is 0.726. The highest BCUT2D eigenvalue weighted by molar-refractivity contribution is 4.72. The van der Waals surface area contributed by atoms with Gasteiger partial charge < -0.3 is 10.2 Å². The lowest BCUT2D eigenvalue weighted by Crippen LogP contribution is -2.34. The summed E-state index contributed by atoms with van der Waals surface area (Å²) >= 11 is 0. The van der Waals surface area contributed by atoms with Gasteiger partial charge >= 0.3 is 0 Å². The molecule has 0 unspecified atom stereocenters. The molecule has 0 aromatic carbocycles. The molecule has 2 heteroatoms. The van der Waals surface area contributed by atoms with Crippen LogP contribution < -0.4 is 5.32 Å². The molecule has 1 heterocycles. The van der Waals surface area contributed by atoms with Crippen LogP contribution in [0.3, 0.4) is 0 Å². The normalized spacial score (nSPS) is 17.5. The Morgan fingerprint density at radius 1 is 0.944 bits per heavy atom. The van der Waals surface area contributed by atoms with E-state index in [-0.39, 0.29) is 0 Å². The van der Waals surface area contributed by atoms with E-state index in [2.05, 4.69) is 37.9 Å². The summed E-state index contributed by atoms with van der Waals surface area (Å²) in [5.41, 5.74) is 0. The van der Waals surface area contributed by atoms with E-state index in [4.69, 9.17) is 0 Å². The molecule has 0 radical (unpaired) electrons. The first kappa shape index (κ1) is 16.0. The van der Waals surface area contributed by atoms with Crippen molar-refractivity contribution in [3.05, 3.63) is 0 Å². The van der Waals surface area contributed by atoms with Gasteiger partial charge in [0.1, 0.15) is 0 Å². The highest BCUT2D eigenvalue weighted by Crippen LogP contribution is 2.13. The third-order valence-corrected chi connectivity index (χ3v) is 3.79. The molecular formula is C16H34N2. The van der Waals surface area contributed by atoms with Crippen LogP contribution in [-0.4, -0.2) is 37.1 Å². The van der Waals surface area contributed by atoms with Crippen LogP contribution >= 0.6 is 0 Å². The lowest BCUT2D eigenvalue weighted by atomic mass is 9.95. The zero-order chi connectivity index (χ0) is 13.4. The molecule has 0 saturated carbocycles. The first-order valence-electron chi connectivity index (χ1n) is 8.03. The average molecular weight is 254 g/mol. The Balaban J connectivity index is 2.11. The molecule has 0 aromatic heterocycles. The number of rotatable bonds is 9. The fourth-order valence-corrected chi connectivity index (χ4v) is 3.02. The number of hydrogen-bond donors (Lipinski definition) is 1. The predicted molar refractivity (Wildman–Crippen MR) is 81.0 cm³/mol. The monoisotopic (exact) mass is 254 g/mol. The summed E-state index contributed by atoms with van der Waals surface area (Å²) in [5.74, 6) is 1.61. The van der Waals surface area contributed by atoms with Gasteiger partial charge in [0, 0.05) is 6.04 Å². The van der Waals surface area contributed by atoms with E-state index in [0.717, 1.165) is 17.9 Å². The standard InChI is InChI=1S/C16H34N2/c1-14(2)12-16(13-15(3)4)17-8-7-11-18-9-5-6-10-18/h14-17H,5-13H2,1-4H3. The van der Waals surface area contributed by atoms with Gasteiger partial charge in [-0.3, -0.25) is 0 Å². The second-order valence-electron chi connectivity index (χ2n) is 6.81. The Labute approximate surface area is 115 Å². The van der Waals surface area contributed by atoms with Crippen LogP contribution in [0.25, 0.3) is 0 Å². The van der Waals surface area contributed by atoms with Crippen LogP contribution in [0.2, 0.25) is 0 Å². The van der Waals surface area contributed by atoms with Crippen molar-refractivity contribution in [3.63, 3.8) is 0 Å². The highest BCUT2D eigenvalue weighted by Gasteiger charge is 2.13. The van der Waals surface area contributed by atoms with Crippen molar-refractivity contribution < 1.29 is 0 Å². The molecule has 2 nitrogen and oxygen atoms in total. The molecule has 1 saturated heterocycles. The molecule has 0 aliphatic carbocycles. The third kappa shape index (κ3) is 7.38. The molecule has 0 atom stereocenters. The van der Waals surface area contributed by atoms with Gasteiger partial charge in [-0.1, -0.05) is 27.7 Å². The largest absolute Gasteiger partial charge is 0.314 e. The molecule has 1 fully saturated rings. The summed E-state index contributed by atoms with van der Waals surface area (Å²) in [6, 6.07) is 0.726. The maximum absolute atomic E-state index is 3.78. The smallest absolute Gasteiger partial charge is 0.00719 e. The van der Waals surface area contributed by atoms with Crippen LogP contribution in [0.4, 0.5) is 0 Å². The zero-order valence-corrected chi connectivity index (χ0v) is 13.0. The van der Waals surface area contributed by atoms with E-state index >= 15 is 0 Å². The third-order valence-electron chi connectivity index (χ3n) is 3.79. The first-order chi connectivity index (χ1) is 8.58. The van der Waals surface area contributed by atoms with Crippen molar-refractivity contribution in [2.75, 3.05) is 26.2 Å². The molecular weight excluding hydrogens is 220 g/mol. The van der Waals surface area contributed by atoms with Crippen molar-refractivity contribution in [3.8, 4) is 0 Å². The minimum atomic E-state index is 0.726. The fourth-order valence-electron chi connectivity index (χ4n) is 3.02. The maximum atomic E-state index is 3.78. The summed E-state index contributed by atoms with van der Waals surface area (Å²) < 4.78 is 0. The second kappa shape index (κ2) is 8.92. The van der Waals surface area contributed by atoms with Gasteiger partial charge in [0.05, 0.1) is 0 Å². The summed E-state index contributed by atoms with van der Waals surface area (Å²) in [7, 11) is 0. The zero-order valence-electron chi connectivity index (χ0n) is 13.0. The van der Waals surface area contributed by atoms with Crippen molar-refractivity contribution in [2.24, 2.45) is 11.8 Å². The topological polar surface area (TPSA) is 15.3 Å². The summed E-state index contributed by atoms with van der Waals surface area (Å²) in [5, 5.41) is 3.78. The molecule has 1 rings (SSSR count). The molecule has 18 heavy (non-hydrogen) atoms. The molecule has 0 spiro atoms. The highest BCUT2D eigenvalue weighted by atomic mass is 15.1. The van der Waals surface area contributed by atoms with Crippen molar-refractivity contribution in [1.29, 1.82) is 0 Å². The van der Waals surface area contributed by atoms with Gasteiger partial charge in [0.2, 0.25) is 0 Å². The van der Waals surface area contributed by atoms with E-state index in [0.29, 0.717) is 0 Å². The lowest BCUT2D eigenvalue weighted by Gasteiger charge is -2.23. The van der Waals surface area contributed by atoms with E-state index in [1.807, 2.05) is 0 Å². The van der Waals surface area contributed by atoms with Gasteiger partial charge in [-0.25, -0.2) is 0 Å². The van der Waals surface area contributed by atoms with Gasteiger partial charge in [-0.2, -0.15) is 0 Å². The van der Waals surface area contributed by atoms with E-state index < -0.39 is 0 Å². The molecule has 0 amide bonds. The van der Waals surface area contributed by atoms with Gasteiger partial charge in [0.15, 0.2) is 0 Å². The van der Waals surface area contributed by atoms with Gasteiger partial charge in [0.25, 0.3) is 0 Å². The van der Waals surface area contributed by atoms with Crippen LogP contribution in [0.5, 0.6) is 0 Å². The molecule has 108 valence electrons. The molecule has 1 aliphatic heterocycles. The summed E-state index contributed by atoms with van der Waals surface area (Å²) in [6.07, 6.45) is 6.78. The first-order valence-corrected chi connectivity index (χ1v) is 8.03. The van der Waals surface area contributed by atoms with Crippen LogP contribution in [-0.2, 0) is 0 Å². The van der Waals surface area contributed by atoms with Crippen molar-refractivity contribution in [2.45, 2.75) is 65.8 Å². The van der Waals surface area contributed by atoms with Crippen molar-refractivity contribution in [1.82, 2.24) is 10.2 Å². The molecule has 0 aromatic rings. The molecule has 1 aliphatic rings. The average Bonchev–Trinajstić information content (AvgIpc) is 2.75. The van der Waals surface area contributed by atoms with Gasteiger partial charge in [-0.05, 0) is 70.1 Å². The Hall–Kier alpha value is -0.0800. The predicted octanol–water partition coefficient (Wildman–Crippen LogP) is 3.52. The Kier molecular flexibility index (Phi) is 7.92. The number of nitrogens with one attached hydrogen (secondary N) is 1. The van der Waals surface area contributed by atoms with Gasteiger partial charge in [-0.15, -0.1) is 0 Å². The molecule has 1 N–H and O–H groups in total.